The highest BCUT2D eigenvalue weighted by atomic mass is 16.1. The fourth-order valence-corrected chi connectivity index (χ4v) is 2.74. The first-order valence-corrected chi connectivity index (χ1v) is 6.54. The van der Waals surface area contributed by atoms with Crippen molar-refractivity contribution in [2.24, 2.45) is 5.73 Å². The topological polar surface area (TPSA) is 56.0 Å². The van der Waals surface area contributed by atoms with Crippen LogP contribution in [-0.4, -0.2) is 16.8 Å². The number of Topliss-reactive ketones (excluding diaryl/α,β-unsaturated/α-hetero) is 1. The van der Waals surface area contributed by atoms with Crippen molar-refractivity contribution in [3.63, 3.8) is 0 Å². The number of fused-ring (bicyclic) bond motifs is 4. The summed E-state index contributed by atoms with van der Waals surface area (Å²) >= 11 is 0. The first-order valence-electron chi connectivity index (χ1n) is 6.54. The zero-order valence-corrected chi connectivity index (χ0v) is 10.7. The summed E-state index contributed by atoms with van der Waals surface area (Å²) in [5.41, 5.74) is 9.21. The number of hydrogen-bond acceptors (Lipinski definition) is 3. The second-order valence-electron chi connectivity index (χ2n) is 5.03. The van der Waals surface area contributed by atoms with E-state index in [0.29, 0.717) is 5.56 Å². The number of rotatable bonds is 0. The molecule has 2 aromatic carbocycles. The Morgan fingerprint density at radius 2 is 1.90 bits per heavy atom. The van der Waals surface area contributed by atoms with Gasteiger partial charge in [0.15, 0.2) is 5.78 Å². The molecule has 1 heterocycles. The molecule has 0 radical (unpaired) electrons. The molecule has 0 saturated carbocycles. The van der Waals surface area contributed by atoms with Crippen molar-refractivity contribution in [2.45, 2.75) is 6.04 Å². The van der Waals surface area contributed by atoms with E-state index in [1.165, 1.54) is 0 Å². The molecule has 0 saturated heterocycles. The molecule has 0 bridgehead atoms. The van der Waals surface area contributed by atoms with Gasteiger partial charge < -0.3 is 5.73 Å². The second kappa shape index (κ2) is 3.99. The van der Waals surface area contributed by atoms with Gasteiger partial charge in [0.1, 0.15) is 0 Å². The van der Waals surface area contributed by atoms with E-state index in [-0.39, 0.29) is 5.78 Å². The summed E-state index contributed by atoms with van der Waals surface area (Å²) in [7, 11) is 0. The Morgan fingerprint density at radius 1 is 1.05 bits per heavy atom. The summed E-state index contributed by atoms with van der Waals surface area (Å²) in [4.78, 5) is 17.0. The molecule has 4 rings (SSSR count). The SMILES string of the molecule is NC1C=Cc2ccc3nc4ccccc4cc3c2C1=O. The van der Waals surface area contributed by atoms with Gasteiger partial charge in [-0.05, 0) is 23.8 Å². The number of benzene rings is 2. The highest BCUT2D eigenvalue weighted by molar-refractivity contribution is 6.16. The smallest absolute Gasteiger partial charge is 0.184 e. The van der Waals surface area contributed by atoms with Gasteiger partial charge in [-0.15, -0.1) is 0 Å². The van der Waals surface area contributed by atoms with E-state index in [4.69, 9.17) is 5.73 Å². The first kappa shape index (κ1) is 11.3. The van der Waals surface area contributed by atoms with Gasteiger partial charge in [-0.2, -0.15) is 0 Å². The van der Waals surface area contributed by atoms with Crippen molar-refractivity contribution in [1.29, 1.82) is 0 Å². The van der Waals surface area contributed by atoms with E-state index >= 15 is 0 Å². The molecule has 96 valence electrons. The Labute approximate surface area is 115 Å². The molecule has 2 N–H and O–H groups in total. The van der Waals surface area contributed by atoms with Crippen LogP contribution in [0.4, 0.5) is 0 Å². The monoisotopic (exact) mass is 260 g/mol. The summed E-state index contributed by atoms with van der Waals surface area (Å²) in [6.07, 6.45) is 3.65. The first-order chi connectivity index (χ1) is 9.74. The average molecular weight is 260 g/mol. The largest absolute Gasteiger partial charge is 0.318 e. The Kier molecular flexibility index (Phi) is 2.26. The third-order valence-corrected chi connectivity index (χ3v) is 3.76. The van der Waals surface area contributed by atoms with Crippen molar-refractivity contribution in [3.8, 4) is 0 Å². The van der Waals surface area contributed by atoms with Crippen LogP contribution < -0.4 is 5.73 Å². The molecule has 0 fully saturated rings. The lowest BCUT2D eigenvalue weighted by Gasteiger charge is -2.17. The highest BCUT2D eigenvalue weighted by Gasteiger charge is 2.23. The van der Waals surface area contributed by atoms with Crippen molar-refractivity contribution in [2.75, 3.05) is 0 Å². The van der Waals surface area contributed by atoms with Crippen molar-refractivity contribution in [3.05, 3.63) is 59.7 Å². The third-order valence-electron chi connectivity index (χ3n) is 3.76. The molecule has 0 spiro atoms. The molecule has 1 atom stereocenters. The summed E-state index contributed by atoms with van der Waals surface area (Å²) < 4.78 is 0. The lowest BCUT2D eigenvalue weighted by atomic mass is 9.89. The van der Waals surface area contributed by atoms with E-state index in [1.54, 1.807) is 6.08 Å². The zero-order valence-electron chi connectivity index (χ0n) is 10.7. The van der Waals surface area contributed by atoms with Crippen LogP contribution >= 0.6 is 0 Å². The van der Waals surface area contributed by atoms with Gasteiger partial charge in [0, 0.05) is 16.3 Å². The number of carbonyl (C=O) groups excluding carboxylic acids is 1. The van der Waals surface area contributed by atoms with Crippen LogP contribution in [0.3, 0.4) is 0 Å². The number of aromatic nitrogens is 1. The summed E-state index contributed by atoms with van der Waals surface area (Å²) in [6, 6.07) is 13.3. The number of pyridine rings is 1. The summed E-state index contributed by atoms with van der Waals surface area (Å²) in [5, 5.41) is 1.91. The molecule has 1 unspecified atom stereocenters. The van der Waals surface area contributed by atoms with Gasteiger partial charge in [-0.1, -0.05) is 36.4 Å². The molecule has 1 aliphatic carbocycles. The van der Waals surface area contributed by atoms with Crippen molar-refractivity contribution >= 4 is 33.7 Å². The average Bonchev–Trinajstić information content (AvgIpc) is 2.48. The molecule has 20 heavy (non-hydrogen) atoms. The van der Waals surface area contributed by atoms with E-state index in [0.717, 1.165) is 27.4 Å². The molecular weight excluding hydrogens is 248 g/mol. The maximum atomic E-state index is 12.4. The molecule has 0 aliphatic heterocycles. The van der Waals surface area contributed by atoms with Crippen LogP contribution in [-0.2, 0) is 0 Å². The number of ketones is 1. The highest BCUT2D eigenvalue weighted by Crippen LogP contribution is 2.29. The number of para-hydroxylation sites is 1. The number of hydrogen-bond donors (Lipinski definition) is 1. The van der Waals surface area contributed by atoms with E-state index in [9.17, 15) is 4.79 Å². The lowest BCUT2D eigenvalue weighted by Crippen LogP contribution is -2.31. The zero-order chi connectivity index (χ0) is 13.7. The fourth-order valence-electron chi connectivity index (χ4n) is 2.74. The standard InChI is InChI=1S/C17H12N2O/c18-13-7-5-10-6-8-15-12(16(10)17(13)20)9-11-3-1-2-4-14(11)19-15/h1-9,13H,18H2. The minimum absolute atomic E-state index is 0.0369. The van der Waals surface area contributed by atoms with Gasteiger partial charge in [0.05, 0.1) is 17.1 Å². The Hall–Kier alpha value is -2.52. The minimum atomic E-state index is -0.556. The third kappa shape index (κ3) is 1.50. The maximum Gasteiger partial charge on any atom is 0.184 e. The Bertz CT molecular complexity index is 896. The van der Waals surface area contributed by atoms with Crippen LogP contribution in [0, 0.1) is 0 Å². The van der Waals surface area contributed by atoms with Gasteiger partial charge >= 0.3 is 0 Å². The van der Waals surface area contributed by atoms with E-state index in [1.807, 2.05) is 48.5 Å². The van der Waals surface area contributed by atoms with Gasteiger partial charge in [-0.3, -0.25) is 4.79 Å². The molecule has 3 heteroatoms. The maximum absolute atomic E-state index is 12.4. The normalized spacial score (nSPS) is 17.6. The van der Waals surface area contributed by atoms with Crippen molar-refractivity contribution < 1.29 is 4.79 Å². The van der Waals surface area contributed by atoms with Crippen LogP contribution in [0.2, 0.25) is 0 Å². The Morgan fingerprint density at radius 3 is 2.80 bits per heavy atom. The number of nitrogens with zero attached hydrogens (tertiary/aromatic N) is 1. The van der Waals surface area contributed by atoms with Crippen LogP contribution in [0.1, 0.15) is 15.9 Å². The van der Waals surface area contributed by atoms with Gasteiger partial charge in [-0.25, -0.2) is 4.98 Å². The predicted molar refractivity (Wildman–Crippen MR) is 80.6 cm³/mol. The van der Waals surface area contributed by atoms with Crippen LogP contribution in [0.5, 0.6) is 0 Å². The number of nitrogens with two attached hydrogens (primary N) is 1. The molecule has 1 aromatic heterocycles. The molecule has 0 amide bonds. The molecule has 3 nitrogen and oxygen atoms in total. The van der Waals surface area contributed by atoms with Crippen LogP contribution in [0.15, 0.2) is 48.5 Å². The quantitative estimate of drug-likeness (QED) is 0.632. The van der Waals surface area contributed by atoms with Gasteiger partial charge in [0.25, 0.3) is 0 Å². The fraction of sp³-hybridized carbons (Fsp3) is 0.0588. The van der Waals surface area contributed by atoms with E-state index in [2.05, 4.69) is 4.98 Å². The molecular formula is C17H12N2O. The Balaban J connectivity index is 2.15. The van der Waals surface area contributed by atoms with Crippen LogP contribution in [0.25, 0.3) is 27.9 Å². The predicted octanol–water partition coefficient (Wildman–Crippen LogP) is 2.92. The minimum Gasteiger partial charge on any atom is -0.318 e. The second-order valence-corrected chi connectivity index (χ2v) is 5.03. The lowest BCUT2D eigenvalue weighted by molar-refractivity contribution is 0.0978. The van der Waals surface area contributed by atoms with Gasteiger partial charge in [0.2, 0.25) is 0 Å². The molecule has 3 aromatic rings. The summed E-state index contributed by atoms with van der Waals surface area (Å²) in [6.45, 7) is 0. The van der Waals surface area contributed by atoms with Crippen molar-refractivity contribution in [1.82, 2.24) is 4.98 Å². The number of carbonyl (C=O) groups is 1. The summed E-state index contributed by atoms with van der Waals surface area (Å²) in [5.74, 6) is -0.0369. The van der Waals surface area contributed by atoms with E-state index < -0.39 is 6.04 Å². The molecule has 1 aliphatic rings.